The molecule has 0 bridgehead atoms. The molecule has 8 heterocycles. The number of amides is 2. The fourth-order valence-corrected chi connectivity index (χ4v) is 14.2. The Kier molecular flexibility index (Phi) is 13.5. The molecule has 7 aromatic rings. The van der Waals surface area contributed by atoms with Crippen LogP contribution in [0.25, 0.3) is 38.8 Å². The minimum atomic E-state index is -2.32. The van der Waals surface area contributed by atoms with Crippen LogP contribution in [0.15, 0.2) is 95.8 Å². The smallest absolute Gasteiger partial charge is 0.265 e. The molecular weight excluding hydrogens is 997 g/mol. The van der Waals surface area contributed by atoms with Crippen LogP contribution in [0, 0.1) is 18.3 Å². The Hall–Kier alpha value is -6.97. The van der Waals surface area contributed by atoms with Gasteiger partial charge >= 0.3 is 0 Å². The predicted molar refractivity (Wildman–Crippen MR) is 295 cm³/mol. The maximum Gasteiger partial charge on any atom is 0.265 e. The van der Waals surface area contributed by atoms with E-state index in [2.05, 4.69) is 45.0 Å². The van der Waals surface area contributed by atoms with E-state index >= 15 is 9.59 Å². The van der Waals surface area contributed by atoms with Crippen LogP contribution in [-0.4, -0.2) is 138 Å². The van der Waals surface area contributed by atoms with E-state index in [0.717, 1.165) is 73.5 Å². The van der Waals surface area contributed by atoms with Gasteiger partial charge < -0.3 is 33.7 Å². The van der Waals surface area contributed by atoms with Crippen LogP contribution in [0.4, 0.5) is 8.78 Å². The zero-order chi connectivity index (χ0) is 53.3. The third-order valence-corrected chi connectivity index (χ3v) is 18.6. The molecule has 0 aliphatic carbocycles. The molecule has 4 aromatic carbocycles. The van der Waals surface area contributed by atoms with E-state index in [1.165, 1.54) is 12.0 Å². The van der Waals surface area contributed by atoms with Crippen LogP contribution in [0.2, 0.25) is 0 Å². The molecule has 3 saturated heterocycles. The number of hydrogen-bond acceptors (Lipinski definition) is 10. The molecule has 1 unspecified atom stereocenters. The van der Waals surface area contributed by atoms with Crippen molar-refractivity contribution >= 4 is 45.4 Å². The first-order valence-electron chi connectivity index (χ1n) is 26.9. The SMILES string of the molecule is Cc1c2c(c(C#N)n1C)c1c(cc(-c3cc4c(cc3C(=O)N3Cc5ccccc5C5S[C@]53CN3CCCCC3)CN(C(=O)Cc3ccc(OCCN5CCN(CC(F)F)CC5)cc3)CC4)n1C)c(=O)n2-c1ccc(O)cc1. The number of piperazine rings is 1. The highest BCUT2D eigenvalue weighted by Gasteiger charge is 2.65. The van der Waals surface area contributed by atoms with Crippen LogP contribution in [-0.2, 0) is 44.8 Å². The van der Waals surface area contributed by atoms with Crippen molar-refractivity contribution in [2.75, 3.05) is 72.1 Å². The van der Waals surface area contributed by atoms with Gasteiger partial charge in [-0.15, -0.1) is 11.8 Å². The summed E-state index contributed by atoms with van der Waals surface area (Å²) in [6.45, 7) is 9.57. The van der Waals surface area contributed by atoms with Crippen LogP contribution >= 0.6 is 11.8 Å². The zero-order valence-corrected chi connectivity index (χ0v) is 44.6. The lowest BCUT2D eigenvalue weighted by Crippen LogP contribution is -2.52. The van der Waals surface area contributed by atoms with Crippen molar-refractivity contribution in [3.8, 4) is 34.5 Å². The maximum atomic E-state index is 16.1. The number of piperidine rings is 1. The van der Waals surface area contributed by atoms with Crippen LogP contribution in [0.3, 0.4) is 0 Å². The number of thioether (sulfide) groups is 1. The molecule has 2 atom stereocenters. The Morgan fingerprint density at radius 1 is 0.831 bits per heavy atom. The fourth-order valence-electron chi connectivity index (χ4n) is 12.6. The van der Waals surface area contributed by atoms with Gasteiger partial charge in [0.15, 0.2) is 0 Å². The van der Waals surface area contributed by atoms with E-state index < -0.39 is 11.3 Å². The van der Waals surface area contributed by atoms with Gasteiger partial charge in [-0.25, -0.2) is 8.78 Å². The normalized spacial score (nSPS) is 19.8. The minimum Gasteiger partial charge on any atom is -0.508 e. The summed E-state index contributed by atoms with van der Waals surface area (Å²) < 4.78 is 37.1. The first-order valence-corrected chi connectivity index (χ1v) is 27.8. The van der Waals surface area contributed by atoms with Gasteiger partial charge in [-0.2, -0.15) is 5.26 Å². The van der Waals surface area contributed by atoms with Gasteiger partial charge in [0.2, 0.25) is 5.91 Å². The third kappa shape index (κ3) is 9.26. The van der Waals surface area contributed by atoms with Gasteiger partial charge in [0.25, 0.3) is 17.9 Å². The highest BCUT2D eigenvalue weighted by molar-refractivity contribution is 8.08. The summed E-state index contributed by atoms with van der Waals surface area (Å²) in [7, 11) is 3.73. The Morgan fingerprint density at radius 3 is 2.31 bits per heavy atom. The maximum absolute atomic E-state index is 16.1. The number of halogens is 2. The number of rotatable bonds is 13. The summed E-state index contributed by atoms with van der Waals surface area (Å²) in [5.41, 5.74) is 9.62. The van der Waals surface area contributed by atoms with Crippen molar-refractivity contribution in [1.82, 2.24) is 38.2 Å². The van der Waals surface area contributed by atoms with E-state index in [4.69, 9.17) is 4.74 Å². The summed E-state index contributed by atoms with van der Waals surface area (Å²) >= 11 is 1.86. The number of carbonyl (C=O) groups excluding carboxylic acids is 2. The van der Waals surface area contributed by atoms with E-state index in [1.54, 1.807) is 33.7 Å². The molecule has 14 nitrogen and oxygen atoms in total. The number of phenolic OH excluding ortho intramolecular Hbond substituents is 1. The monoisotopic (exact) mass is 1060 g/mol. The second kappa shape index (κ2) is 20.4. The van der Waals surface area contributed by atoms with Crippen molar-refractivity contribution in [1.29, 1.82) is 5.26 Å². The standard InChI is InChI=1S/C60H63F2N9O5S/c1-38-55-54(51(33-63)64(38)2)56-49(59(75)71(55)43-13-15-44(72)16-14-43)32-50(65(56)3)47-30-40-19-22-69(53(73)29-39-11-17-45(18-12-39)76-28-27-66-23-25-67(26-24-66)36-52(61)62)34-42(40)31-48(47)58(74)70-35-41-9-5-6-10-46(41)57-60(70,77-57)37-68-20-7-4-8-21-68/h5-6,9-18,30-32,52,57,72H,4,7-8,19-29,34-37H2,1-3H3/t57?,60-/m1/s1. The number of aryl methyl sites for hydroxylation is 2. The number of benzene rings is 4. The molecule has 5 aliphatic rings. The van der Waals surface area contributed by atoms with Gasteiger partial charge in [-0.1, -0.05) is 42.8 Å². The molecule has 398 valence electrons. The van der Waals surface area contributed by atoms with E-state index in [1.807, 2.05) is 89.3 Å². The number of phenols is 1. The van der Waals surface area contributed by atoms with Gasteiger partial charge in [0, 0.05) is 101 Å². The molecule has 12 rings (SSSR count). The number of fused-ring (bicyclic) bond motifs is 7. The second-order valence-electron chi connectivity index (χ2n) is 21.5. The Labute approximate surface area is 450 Å². The van der Waals surface area contributed by atoms with Crippen molar-refractivity contribution in [3.05, 3.63) is 146 Å². The first kappa shape index (κ1) is 50.8. The molecule has 1 N–H and O–H groups in total. The number of hydrogen-bond donors (Lipinski definition) is 1. The Morgan fingerprint density at radius 2 is 1.57 bits per heavy atom. The summed E-state index contributed by atoms with van der Waals surface area (Å²) in [5.74, 6) is 0.641. The first-order chi connectivity index (χ1) is 37.3. The molecule has 2 amide bonds. The molecular formula is C60H63F2N9O5S. The highest BCUT2D eigenvalue weighted by Crippen LogP contribution is 2.70. The molecule has 5 aliphatic heterocycles. The Bertz CT molecular complexity index is 3550. The average Bonchev–Trinajstić information content (AvgIpc) is 4.13. The Balaban J connectivity index is 0.887. The predicted octanol–water partition coefficient (Wildman–Crippen LogP) is 8.39. The summed E-state index contributed by atoms with van der Waals surface area (Å²) in [5, 5.41) is 22.1. The lowest BCUT2D eigenvalue weighted by Gasteiger charge is -2.40. The van der Waals surface area contributed by atoms with E-state index in [-0.39, 0.29) is 41.3 Å². The zero-order valence-electron chi connectivity index (χ0n) is 43.8. The lowest BCUT2D eigenvalue weighted by molar-refractivity contribution is -0.131. The summed E-state index contributed by atoms with van der Waals surface area (Å²) in [6.07, 6.45) is 1.90. The molecule has 0 saturated carbocycles. The van der Waals surface area contributed by atoms with Crippen molar-refractivity contribution in [2.45, 2.75) is 68.7 Å². The van der Waals surface area contributed by atoms with Crippen molar-refractivity contribution in [3.63, 3.8) is 0 Å². The molecule has 77 heavy (non-hydrogen) atoms. The summed E-state index contributed by atoms with van der Waals surface area (Å²) in [6, 6.07) is 31.0. The highest BCUT2D eigenvalue weighted by atomic mass is 32.2. The van der Waals surface area contributed by atoms with Crippen molar-refractivity contribution < 1.29 is 28.2 Å². The topological polar surface area (TPSA) is 135 Å². The largest absolute Gasteiger partial charge is 0.508 e. The molecule has 0 radical (unpaired) electrons. The number of carbonyl (C=O) groups is 2. The third-order valence-electron chi connectivity index (χ3n) is 17.0. The fraction of sp³-hybridized carbons (Fsp3) is 0.400. The molecule has 0 spiro atoms. The molecule has 3 fully saturated rings. The van der Waals surface area contributed by atoms with E-state index in [0.29, 0.717) is 108 Å². The van der Waals surface area contributed by atoms with Crippen LogP contribution < -0.4 is 10.3 Å². The van der Waals surface area contributed by atoms with Crippen molar-refractivity contribution in [2.24, 2.45) is 14.1 Å². The van der Waals surface area contributed by atoms with E-state index in [9.17, 15) is 23.9 Å². The quantitative estimate of drug-likeness (QED) is 0.112. The number of alkyl halides is 2. The number of ether oxygens (including phenoxy) is 1. The van der Waals surface area contributed by atoms with Gasteiger partial charge in [0.05, 0.1) is 40.0 Å². The number of nitriles is 1. The van der Waals surface area contributed by atoms with Gasteiger partial charge in [0.1, 0.15) is 34.7 Å². The second-order valence-corrected chi connectivity index (χ2v) is 23.0. The number of aromatic hydroxyl groups is 1. The van der Waals surface area contributed by atoms with Crippen LogP contribution in [0.1, 0.15) is 74.1 Å². The number of aromatic nitrogens is 3. The lowest BCUT2D eigenvalue weighted by atomic mass is 9.89. The molecule has 3 aromatic heterocycles. The van der Waals surface area contributed by atoms with Crippen LogP contribution in [0.5, 0.6) is 11.5 Å². The van der Waals surface area contributed by atoms with Gasteiger partial charge in [-0.3, -0.25) is 28.8 Å². The van der Waals surface area contributed by atoms with Gasteiger partial charge in [-0.05, 0) is 122 Å². The number of nitrogens with zero attached hydrogens (tertiary/aromatic N) is 9. The number of pyridine rings is 1. The number of likely N-dealkylation sites (tertiary alicyclic amines) is 1. The summed E-state index contributed by atoms with van der Waals surface area (Å²) in [4.78, 5) is 55.5. The average molecular weight is 1060 g/mol. The molecule has 17 heteroatoms. The minimum absolute atomic E-state index is 0.0216.